The van der Waals surface area contributed by atoms with E-state index in [2.05, 4.69) is 0 Å². The van der Waals surface area contributed by atoms with E-state index in [1.54, 1.807) is 0 Å². The summed E-state index contributed by atoms with van der Waals surface area (Å²) in [5.74, 6) is 2.02. The Bertz CT molecular complexity index is 354. The lowest BCUT2D eigenvalue weighted by Crippen LogP contribution is -2.46. The molecule has 17 heavy (non-hydrogen) atoms. The Morgan fingerprint density at radius 3 is 2.35 bits per heavy atom. The minimum atomic E-state index is -2.80. The molecule has 0 heterocycles. The SMILES string of the molecule is CCCS(=O)(=O)CC1CC(CN)(CC2CC2)C1. The predicted octanol–water partition coefficient (Wildman–Crippen LogP) is 1.97. The molecule has 0 aromatic heterocycles. The van der Waals surface area contributed by atoms with Crippen LogP contribution >= 0.6 is 0 Å². The Morgan fingerprint density at radius 2 is 1.88 bits per heavy atom. The first-order chi connectivity index (χ1) is 7.99. The van der Waals surface area contributed by atoms with Gasteiger partial charge in [0.05, 0.1) is 5.75 Å². The summed E-state index contributed by atoms with van der Waals surface area (Å²) in [7, 11) is -2.80. The third kappa shape index (κ3) is 3.44. The zero-order valence-electron chi connectivity index (χ0n) is 10.8. The standard InChI is InChI=1S/C13H25NO2S/c1-2-5-17(15,16)9-12-7-13(8-12,10-14)6-11-3-4-11/h11-12H,2-10,14H2,1H3. The molecule has 0 spiro atoms. The maximum atomic E-state index is 11.7. The molecular weight excluding hydrogens is 234 g/mol. The molecule has 0 radical (unpaired) electrons. The zero-order valence-corrected chi connectivity index (χ0v) is 11.6. The summed E-state index contributed by atoms with van der Waals surface area (Å²) in [4.78, 5) is 0. The van der Waals surface area contributed by atoms with Crippen LogP contribution in [0, 0.1) is 17.3 Å². The van der Waals surface area contributed by atoms with E-state index >= 15 is 0 Å². The minimum Gasteiger partial charge on any atom is -0.330 e. The van der Waals surface area contributed by atoms with Crippen molar-refractivity contribution < 1.29 is 8.42 Å². The number of hydrogen-bond donors (Lipinski definition) is 1. The van der Waals surface area contributed by atoms with Crippen molar-refractivity contribution in [3.63, 3.8) is 0 Å². The smallest absolute Gasteiger partial charge is 0.150 e. The summed E-state index contributed by atoms with van der Waals surface area (Å²) in [6.45, 7) is 2.67. The summed E-state index contributed by atoms with van der Waals surface area (Å²) in [6.07, 6.45) is 6.79. The van der Waals surface area contributed by atoms with E-state index in [9.17, 15) is 8.42 Å². The third-order valence-corrected chi connectivity index (χ3v) is 6.31. The maximum absolute atomic E-state index is 11.7. The molecule has 3 nitrogen and oxygen atoms in total. The zero-order chi connectivity index (χ0) is 12.5. The number of nitrogens with two attached hydrogens (primary N) is 1. The van der Waals surface area contributed by atoms with E-state index in [0.29, 0.717) is 22.8 Å². The molecule has 2 fully saturated rings. The van der Waals surface area contributed by atoms with Crippen molar-refractivity contribution in [1.82, 2.24) is 0 Å². The summed E-state index contributed by atoms with van der Waals surface area (Å²) < 4.78 is 23.5. The highest BCUT2D eigenvalue weighted by Gasteiger charge is 2.46. The summed E-state index contributed by atoms with van der Waals surface area (Å²) in [6, 6.07) is 0. The quantitative estimate of drug-likeness (QED) is 0.760. The van der Waals surface area contributed by atoms with Gasteiger partial charge in [-0.05, 0) is 49.5 Å². The molecular formula is C13H25NO2S. The molecule has 4 heteroatoms. The van der Waals surface area contributed by atoms with Gasteiger partial charge < -0.3 is 5.73 Å². The highest BCUT2D eigenvalue weighted by molar-refractivity contribution is 7.91. The number of rotatable bonds is 7. The van der Waals surface area contributed by atoms with Crippen LogP contribution in [0.15, 0.2) is 0 Å². The average Bonchev–Trinajstić information content (AvgIpc) is 2.97. The van der Waals surface area contributed by atoms with Crippen molar-refractivity contribution in [1.29, 1.82) is 0 Å². The fourth-order valence-electron chi connectivity index (χ4n) is 3.39. The molecule has 0 aliphatic heterocycles. The van der Waals surface area contributed by atoms with Gasteiger partial charge in [0.2, 0.25) is 0 Å². The van der Waals surface area contributed by atoms with Crippen molar-refractivity contribution in [2.45, 2.75) is 45.4 Å². The predicted molar refractivity (Wildman–Crippen MR) is 70.5 cm³/mol. The van der Waals surface area contributed by atoms with Crippen molar-refractivity contribution in [3.8, 4) is 0 Å². The summed E-state index contributed by atoms with van der Waals surface area (Å²) in [5, 5.41) is 0. The summed E-state index contributed by atoms with van der Waals surface area (Å²) in [5.41, 5.74) is 6.18. The van der Waals surface area contributed by atoms with Gasteiger partial charge in [0.25, 0.3) is 0 Å². The molecule has 0 amide bonds. The molecule has 0 aromatic carbocycles. The van der Waals surface area contributed by atoms with Crippen LogP contribution in [0.25, 0.3) is 0 Å². The minimum absolute atomic E-state index is 0.299. The van der Waals surface area contributed by atoms with Gasteiger partial charge in [-0.3, -0.25) is 0 Å². The second-order valence-electron chi connectivity index (χ2n) is 6.24. The second-order valence-corrected chi connectivity index (χ2v) is 8.47. The molecule has 2 aliphatic carbocycles. The Kier molecular flexibility index (Phi) is 3.83. The Morgan fingerprint density at radius 1 is 1.24 bits per heavy atom. The van der Waals surface area contributed by atoms with Gasteiger partial charge in [0.15, 0.2) is 9.84 Å². The average molecular weight is 259 g/mol. The first-order valence-electron chi connectivity index (χ1n) is 6.89. The second kappa shape index (κ2) is 4.88. The molecule has 0 unspecified atom stereocenters. The van der Waals surface area contributed by atoms with Gasteiger partial charge in [-0.1, -0.05) is 19.8 Å². The van der Waals surface area contributed by atoms with Gasteiger partial charge in [-0.15, -0.1) is 0 Å². The van der Waals surface area contributed by atoms with Crippen molar-refractivity contribution >= 4 is 9.84 Å². The Balaban J connectivity index is 1.80. The fraction of sp³-hybridized carbons (Fsp3) is 1.00. The van der Waals surface area contributed by atoms with Gasteiger partial charge in [0, 0.05) is 5.75 Å². The largest absolute Gasteiger partial charge is 0.330 e. The van der Waals surface area contributed by atoms with Crippen LogP contribution in [0.5, 0.6) is 0 Å². The van der Waals surface area contributed by atoms with Gasteiger partial charge in [-0.25, -0.2) is 8.42 Å². The number of sulfone groups is 1. The Hall–Kier alpha value is -0.0900. The normalized spacial score (nSPS) is 33.4. The molecule has 0 aromatic rings. The molecule has 2 rings (SSSR count). The van der Waals surface area contributed by atoms with Crippen molar-refractivity contribution in [2.24, 2.45) is 23.0 Å². The first-order valence-corrected chi connectivity index (χ1v) is 8.71. The van der Waals surface area contributed by atoms with E-state index in [1.165, 1.54) is 19.3 Å². The molecule has 2 N–H and O–H groups in total. The third-order valence-electron chi connectivity index (χ3n) is 4.30. The van der Waals surface area contributed by atoms with E-state index in [0.717, 1.165) is 31.7 Å². The highest BCUT2D eigenvalue weighted by atomic mass is 32.2. The van der Waals surface area contributed by atoms with E-state index in [4.69, 9.17) is 5.73 Å². The lowest BCUT2D eigenvalue weighted by atomic mass is 9.60. The molecule has 0 saturated heterocycles. The summed E-state index contributed by atoms with van der Waals surface area (Å²) >= 11 is 0. The Labute approximate surface area is 105 Å². The maximum Gasteiger partial charge on any atom is 0.150 e. The topological polar surface area (TPSA) is 60.2 Å². The van der Waals surface area contributed by atoms with Crippen LogP contribution in [0.4, 0.5) is 0 Å². The van der Waals surface area contributed by atoms with Crippen LogP contribution in [0.2, 0.25) is 0 Å². The lowest BCUT2D eigenvalue weighted by molar-refractivity contribution is 0.0607. The van der Waals surface area contributed by atoms with E-state index in [1.807, 2.05) is 6.92 Å². The highest BCUT2D eigenvalue weighted by Crippen LogP contribution is 2.53. The number of hydrogen-bond acceptors (Lipinski definition) is 3. The fourth-order valence-corrected chi connectivity index (χ4v) is 5.13. The van der Waals surface area contributed by atoms with Crippen LogP contribution in [-0.2, 0) is 9.84 Å². The molecule has 2 saturated carbocycles. The molecule has 100 valence electrons. The molecule has 0 atom stereocenters. The lowest BCUT2D eigenvalue weighted by Gasteiger charge is -2.47. The van der Waals surface area contributed by atoms with Crippen LogP contribution in [0.1, 0.15) is 45.4 Å². The van der Waals surface area contributed by atoms with Crippen LogP contribution < -0.4 is 5.73 Å². The first kappa shape index (κ1) is 13.3. The monoisotopic (exact) mass is 259 g/mol. The molecule has 0 bridgehead atoms. The molecule has 2 aliphatic rings. The van der Waals surface area contributed by atoms with Gasteiger partial charge >= 0.3 is 0 Å². The van der Waals surface area contributed by atoms with Crippen molar-refractivity contribution in [3.05, 3.63) is 0 Å². The van der Waals surface area contributed by atoms with E-state index < -0.39 is 9.84 Å². The van der Waals surface area contributed by atoms with Gasteiger partial charge in [0.1, 0.15) is 0 Å². The van der Waals surface area contributed by atoms with Crippen LogP contribution in [0.3, 0.4) is 0 Å². The van der Waals surface area contributed by atoms with E-state index in [-0.39, 0.29) is 0 Å². The van der Waals surface area contributed by atoms with Gasteiger partial charge in [-0.2, -0.15) is 0 Å². The van der Waals surface area contributed by atoms with Crippen molar-refractivity contribution in [2.75, 3.05) is 18.1 Å². The van der Waals surface area contributed by atoms with Crippen LogP contribution in [-0.4, -0.2) is 26.5 Å².